The largest absolute Gasteiger partial charge is 0.390 e. The summed E-state index contributed by atoms with van der Waals surface area (Å²) in [5, 5.41) is 2.90. The van der Waals surface area contributed by atoms with Gasteiger partial charge in [-0.15, -0.1) is 0 Å². The fraction of sp³-hybridized carbons (Fsp3) is 0.600. The Morgan fingerprint density at radius 2 is 1.81 bits per heavy atom. The third kappa shape index (κ3) is 5.55. The number of halogens is 3. The van der Waals surface area contributed by atoms with Crippen LogP contribution in [0.2, 0.25) is 0 Å². The highest BCUT2D eigenvalue weighted by molar-refractivity contribution is 5.47. The van der Waals surface area contributed by atoms with Crippen LogP contribution in [0.25, 0.3) is 0 Å². The van der Waals surface area contributed by atoms with E-state index in [9.17, 15) is 13.2 Å². The summed E-state index contributed by atoms with van der Waals surface area (Å²) >= 11 is 0. The van der Waals surface area contributed by atoms with Gasteiger partial charge in [-0.2, -0.15) is 13.2 Å². The van der Waals surface area contributed by atoms with Crippen LogP contribution < -0.4 is 10.2 Å². The molecule has 0 aliphatic carbocycles. The van der Waals surface area contributed by atoms with Crippen molar-refractivity contribution in [2.75, 3.05) is 31.2 Å². The fourth-order valence-electron chi connectivity index (χ4n) is 2.36. The zero-order valence-electron chi connectivity index (χ0n) is 12.1. The second-order valence-corrected chi connectivity index (χ2v) is 5.37. The van der Waals surface area contributed by atoms with Gasteiger partial charge in [-0.25, -0.2) is 0 Å². The van der Waals surface area contributed by atoms with E-state index < -0.39 is 18.6 Å². The zero-order chi connectivity index (χ0) is 15.3. The molecular weight excluding hydrogens is 281 g/mol. The highest BCUT2D eigenvalue weighted by Gasteiger charge is 2.29. The Morgan fingerprint density at radius 3 is 2.38 bits per heavy atom. The van der Waals surface area contributed by atoms with Crippen LogP contribution in [0.5, 0.6) is 0 Å². The maximum absolute atomic E-state index is 12.2. The van der Waals surface area contributed by atoms with Crippen molar-refractivity contribution in [2.24, 2.45) is 0 Å². The summed E-state index contributed by atoms with van der Waals surface area (Å²) in [6, 6.07) is 7.35. The summed E-state index contributed by atoms with van der Waals surface area (Å²) in [5.41, 5.74) is 2.12. The summed E-state index contributed by atoms with van der Waals surface area (Å²) in [4.78, 5) is 2.24. The number of benzene rings is 1. The molecule has 0 aromatic heterocycles. The number of hydrogen-bond donors (Lipinski definition) is 1. The Balaban J connectivity index is 1.82. The summed E-state index contributed by atoms with van der Waals surface area (Å²) in [6.07, 6.45) is -4.93. The maximum Gasteiger partial charge on any atom is 0.390 e. The van der Waals surface area contributed by atoms with Crippen LogP contribution in [0.15, 0.2) is 24.3 Å². The third-order valence-corrected chi connectivity index (χ3v) is 3.50. The number of nitrogens with zero attached hydrogens (tertiary/aromatic N) is 1. The Labute approximate surface area is 123 Å². The molecule has 1 aliphatic heterocycles. The number of rotatable bonds is 5. The van der Waals surface area contributed by atoms with Crippen LogP contribution in [0, 0.1) is 0 Å². The average molecular weight is 302 g/mol. The van der Waals surface area contributed by atoms with E-state index >= 15 is 0 Å². The van der Waals surface area contributed by atoms with Crippen molar-refractivity contribution in [3.8, 4) is 0 Å². The molecule has 1 heterocycles. The van der Waals surface area contributed by atoms with E-state index in [0.29, 0.717) is 6.54 Å². The van der Waals surface area contributed by atoms with Gasteiger partial charge >= 0.3 is 6.18 Å². The van der Waals surface area contributed by atoms with E-state index in [1.807, 2.05) is 24.3 Å². The lowest BCUT2D eigenvalue weighted by atomic mass is 10.1. The predicted octanol–water partition coefficient (Wildman–Crippen LogP) is 2.95. The zero-order valence-corrected chi connectivity index (χ0v) is 12.1. The van der Waals surface area contributed by atoms with E-state index in [4.69, 9.17) is 4.74 Å². The molecule has 1 saturated heterocycles. The van der Waals surface area contributed by atoms with Crippen LogP contribution in [-0.4, -0.2) is 38.5 Å². The molecule has 2 rings (SSSR count). The van der Waals surface area contributed by atoms with E-state index in [1.165, 1.54) is 0 Å². The smallest absolute Gasteiger partial charge is 0.378 e. The van der Waals surface area contributed by atoms with Gasteiger partial charge < -0.3 is 15.0 Å². The second-order valence-electron chi connectivity index (χ2n) is 5.37. The number of morpholine rings is 1. The van der Waals surface area contributed by atoms with Crippen molar-refractivity contribution < 1.29 is 17.9 Å². The molecule has 3 nitrogen and oxygen atoms in total. The molecule has 1 N–H and O–H groups in total. The molecule has 1 fully saturated rings. The van der Waals surface area contributed by atoms with Gasteiger partial charge in [0.05, 0.1) is 19.6 Å². The first-order chi connectivity index (χ1) is 9.94. The van der Waals surface area contributed by atoms with Crippen molar-refractivity contribution in [2.45, 2.75) is 32.1 Å². The molecule has 118 valence electrons. The van der Waals surface area contributed by atoms with Gasteiger partial charge in [-0.1, -0.05) is 12.1 Å². The minimum absolute atomic E-state index is 0.445. The van der Waals surface area contributed by atoms with E-state index in [0.717, 1.165) is 37.6 Å². The summed E-state index contributed by atoms with van der Waals surface area (Å²) < 4.78 is 42.0. The summed E-state index contributed by atoms with van der Waals surface area (Å²) in [6.45, 7) is 5.22. The van der Waals surface area contributed by atoms with Gasteiger partial charge in [0.2, 0.25) is 0 Å². The normalized spacial score (nSPS) is 17.8. The van der Waals surface area contributed by atoms with Crippen LogP contribution in [0.3, 0.4) is 0 Å². The van der Waals surface area contributed by atoms with Crippen LogP contribution in [-0.2, 0) is 11.3 Å². The fourth-order valence-corrected chi connectivity index (χ4v) is 2.36. The molecule has 21 heavy (non-hydrogen) atoms. The maximum atomic E-state index is 12.2. The topological polar surface area (TPSA) is 24.5 Å². The molecule has 0 bridgehead atoms. The van der Waals surface area contributed by atoms with E-state index in [2.05, 4.69) is 10.2 Å². The predicted molar refractivity (Wildman–Crippen MR) is 76.4 cm³/mol. The van der Waals surface area contributed by atoms with E-state index in [1.54, 1.807) is 6.92 Å². The first-order valence-corrected chi connectivity index (χ1v) is 7.16. The van der Waals surface area contributed by atoms with Crippen LogP contribution in [0.4, 0.5) is 18.9 Å². The molecule has 0 spiro atoms. The average Bonchev–Trinajstić information content (AvgIpc) is 2.45. The van der Waals surface area contributed by atoms with Crippen molar-refractivity contribution in [1.82, 2.24) is 5.32 Å². The first-order valence-electron chi connectivity index (χ1n) is 7.16. The number of ether oxygens (including phenoxy) is 1. The molecule has 1 atom stereocenters. The minimum atomic E-state index is -4.12. The standard InChI is InChI=1S/C15H21F3N2O/c1-12(10-15(16,17)18)19-11-13-2-4-14(5-3-13)20-6-8-21-9-7-20/h2-5,12,19H,6-11H2,1H3. The number of alkyl halides is 3. The number of nitrogens with one attached hydrogen (secondary N) is 1. The van der Waals surface area contributed by atoms with Gasteiger partial charge in [0, 0.05) is 31.4 Å². The van der Waals surface area contributed by atoms with Gasteiger partial charge in [-0.05, 0) is 24.6 Å². The SMILES string of the molecule is CC(CC(F)(F)F)NCc1ccc(N2CCOCC2)cc1. The van der Waals surface area contributed by atoms with E-state index in [-0.39, 0.29) is 0 Å². The lowest BCUT2D eigenvalue weighted by Crippen LogP contribution is -2.36. The Kier molecular flexibility index (Phi) is 5.47. The molecule has 1 aliphatic rings. The van der Waals surface area contributed by atoms with Crippen LogP contribution >= 0.6 is 0 Å². The molecule has 1 unspecified atom stereocenters. The van der Waals surface area contributed by atoms with Crippen molar-refractivity contribution in [3.05, 3.63) is 29.8 Å². The highest BCUT2D eigenvalue weighted by atomic mass is 19.4. The molecule has 1 aromatic rings. The van der Waals surface area contributed by atoms with Gasteiger partial charge in [0.25, 0.3) is 0 Å². The lowest BCUT2D eigenvalue weighted by Gasteiger charge is -2.29. The number of anilines is 1. The van der Waals surface area contributed by atoms with Gasteiger partial charge in [-0.3, -0.25) is 0 Å². The van der Waals surface area contributed by atoms with Crippen molar-refractivity contribution in [3.63, 3.8) is 0 Å². The summed E-state index contributed by atoms with van der Waals surface area (Å²) in [7, 11) is 0. The number of hydrogen-bond acceptors (Lipinski definition) is 3. The third-order valence-electron chi connectivity index (χ3n) is 3.50. The van der Waals surface area contributed by atoms with Crippen molar-refractivity contribution in [1.29, 1.82) is 0 Å². The van der Waals surface area contributed by atoms with Crippen LogP contribution in [0.1, 0.15) is 18.9 Å². The Bertz CT molecular complexity index is 428. The lowest BCUT2D eigenvalue weighted by molar-refractivity contribution is -0.139. The molecular formula is C15H21F3N2O. The highest BCUT2D eigenvalue weighted by Crippen LogP contribution is 2.21. The molecule has 0 saturated carbocycles. The molecule has 1 aromatic carbocycles. The van der Waals surface area contributed by atoms with Crippen molar-refractivity contribution >= 4 is 5.69 Å². The first kappa shape index (κ1) is 16.1. The molecule has 6 heteroatoms. The Hall–Kier alpha value is -1.27. The second kappa shape index (κ2) is 7.13. The monoisotopic (exact) mass is 302 g/mol. The quantitative estimate of drug-likeness (QED) is 0.905. The Morgan fingerprint density at radius 1 is 1.19 bits per heavy atom. The molecule has 0 amide bonds. The summed E-state index contributed by atoms with van der Waals surface area (Å²) in [5.74, 6) is 0. The van der Waals surface area contributed by atoms with Gasteiger partial charge in [0.1, 0.15) is 0 Å². The van der Waals surface area contributed by atoms with Gasteiger partial charge in [0.15, 0.2) is 0 Å². The molecule has 0 radical (unpaired) electrons. The minimum Gasteiger partial charge on any atom is -0.378 e.